The summed E-state index contributed by atoms with van der Waals surface area (Å²) >= 11 is 7.24. The molecule has 2 N–H and O–H groups in total. The molecule has 5 rings (SSSR count). The first kappa shape index (κ1) is 33.3. The molecule has 3 aromatic carbocycles. The van der Waals surface area contributed by atoms with Gasteiger partial charge in [-0.1, -0.05) is 60.7 Å². The van der Waals surface area contributed by atoms with Gasteiger partial charge in [0.15, 0.2) is 0 Å². The Labute approximate surface area is 286 Å². The average molecular weight is 749 g/mol. The van der Waals surface area contributed by atoms with E-state index in [4.69, 9.17) is 0 Å². The van der Waals surface area contributed by atoms with Gasteiger partial charge in [0.25, 0.3) is 23.6 Å². The van der Waals surface area contributed by atoms with E-state index in [0.29, 0.717) is 57.4 Å². The van der Waals surface area contributed by atoms with Crippen molar-refractivity contribution in [2.24, 2.45) is 0 Å². The number of piperidine rings is 2. The Hall–Kier alpha value is -4.02. The third-order valence-corrected chi connectivity index (χ3v) is 9.80. The standard InChI is InChI=1S/C36H36Br2N4O4/c37-29(31(35(45)41-21-9-3-10-22-41)39-33(43)27-13-5-1-6-14-27)25-17-19-26(20-18-25)30(38)32(36(46)42-23-11-4-12-24-42)40-34(44)28-15-7-2-8-16-28/h1-2,5-8,13-20H,3-4,9-12,21-24H2,(H,39,43)(H,40,44)/b31-29-,32-30-. The predicted molar refractivity (Wildman–Crippen MR) is 187 cm³/mol. The van der Waals surface area contributed by atoms with Crippen LogP contribution < -0.4 is 10.6 Å². The van der Waals surface area contributed by atoms with Crippen LogP contribution in [0.25, 0.3) is 8.96 Å². The second kappa shape index (κ2) is 16.0. The zero-order valence-corrected chi connectivity index (χ0v) is 28.6. The number of benzene rings is 3. The average Bonchev–Trinajstić information content (AvgIpc) is 3.13. The number of likely N-dealkylation sites (tertiary alicyclic amines) is 2. The van der Waals surface area contributed by atoms with Gasteiger partial charge in [0, 0.05) is 37.3 Å². The van der Waals surface area contributed by atoms with E-state index in [1.54, 1.807) is 82.6 Å². The van der Waals surface area contributed by atoms with Crippen LogP contribution in [-0.2, 0) is 9.59 Å². The maximum atomic E-state index is 13.7. The number of rotatable bonds is 8. The lowest BCUT2D eigenvalue weighted by Crippen LogP contribution is -2.41. The van der Waals surface area contributed by atoms with Crippen molar-refractivity contribution in [2.45, 2.75) is 38.5 Å². The molecule has 0 radical (unpaired) electrons. The second-order valence-electron chi connectivity index (χ2n) is 11.3. The van der Waals surface area contributed by atoms with Crippen molar-refractivity contribution in [1.29, 1.82) is 0 Å². The number of hydrogen-bond acceptors (Lipinski definition) is 4. The van der Waals surface area contributed by atoms with Crippen LogP contribution in [0.15, 0.2) is 96.3 Å². The first-order valence-corrected chi connectivity index (χ1v) is 17.1. The van der Waals surface area contributed by atoms with Crippen LogP contribution in [0.1, 0.15) is 70.4 Å². The highest BCUT2D eigenvalue weighted by Gasteiger charge is 2.27. The zero-order chi connectivity index (χ0) is 32.5. The van der Waals surface area contributed by atoms with E-state index in [2.05, 4.69) is 42.5 Å². The van der Waals surface area contributed by atoms with Crippen LogP contribution >= 0.6 is 31.9 Å². The summed E-state index contributed by atoms with van der Waals surface area (Å²) in [7, 11) is 0. The molecule has 2 saturated heterocycles. The molecule has 0 aliphatic carbocycles. The van der Waals surface area contributed by atoms with E-state index >= 15 is 0 Å². The Morgan fingerprint density at radius 2 is 0.783 bits per heavy atom. The van der Waals surface area contributed by atoms with Crippen LogP contribution in [0.2, 0.25) is 0 Å². The van der Waals surface area contributed by atoms with E-state index in [0.717, 1.165) is 38.5 Å². The van der Waals surface area contributed by atoms with Gasteiger partial charge >= 0.3 is 0 Å². The Morgan fingerprint density at radius 3 is 1.11 bits per heavy atom. The highest BCUT2D eigenvalue weighted by Crippen LogP contribution is 2.31. The molecule has 4 amide bonds. The van der Waals surface area contributed by atoms with Crippen molar-refractivity contribution in [3.63, 3.8) is 0 Å². The summed E-state index contributed by atoms with van der Waals surface area (Å²) in [6, 6.07) is 24.8. The van der Waals surface area contributed by atoms with E-state index in [1.807, 2.05) is 12.1 Å². The molecule has 2 heterocycles. The summed E-state index contributed by atoms with van der Waals surface area (Å²) in [6.07, 6.45) is 5.79. The zero-order valence-electron chi connectivity index (χ0n) is 25.4. The molecule has 8 nitrogen and oxygen atoms in total. The maximum Gasteiger partial charge on any atom is 0.271 e. The van der Waals surface area contributed by atoms with Crippen molar-refractivity contribution in [1.82, 2.24) is 20.4 Å². The first-order valence-electron chi connectivity index (χ1n) is 15.5. The van der Waals surface area contributed by atoms with Crippen LogP contribution in [0.4, 0.5) is 0 Å². The number of hydrogen-bond donors (Lipinski definition) is 2. The Bertz CT molecular complexity index is 1500. The molecule has 46 heavy (non-hydrogen) atoms. The summed E-state index contributed by atoms with van der Waals surface area (Å²) in [6.45, 7) is 2.51. The fraction of sp³-hybridized carbons (Fsp3) is 0.278. The van der Waals surface area contributed by atoms with Crippen molar-refractivity contribution in [3.05, 3.63) is 119 Å². The monoisotopic (exact) mass is 746 g/mol. The number of nitrogens with one attached hydrogen (secondary N) is 2. The molecule has 0 unspecified atom stereocenters. The molecular weight excluding hydrogens is 712 g/mol. The highest BCUT2D eigenvalue weighted by atomic mass is 79.9. The maximum absolute atomic E-state index is 13.7. The summed E-state index contributed by atoms with van der Waals surface area (Å²) in [5, 5.41) is 5.72. The van der Waals surface area contributed by atoms with Gasteiger partial charge < -0.3 is 20.4 Å². The molecule has 3 aromatic rings. The van der Waals surface area contributed by atoms with Gasteiger partial charge in [-0.15, -0.1) is 0 Å². The van der Waals surface area contributed by atoms with Crippen LogP contribution in [0.3, 0.4) is 0 Å². The molecule has 0 saturated carbocycles. The molecule has 2 fully saturated rings. The number of halogens is 2. The summed E-state index contributed by atoms with van der Waals surface area (Å²) in [4.78, 5) is 57.3. The summed E-state index contributed by atoms with van der Waals surface area (Å²) in [5.74, 6) is -1.26. The number of carbonyl (C=O) groups is 4. The number of amides is 4. The minimum absolute atomic E-state index is 0.161. The smallest absolute Gasteiger partial charge is 0.271 e. The largest absolute Gasteiger partial charge is 0.337 e. The molecule has 238 valence electrons. The predicted octanol–water partition coefficient (Wildman–Crippen LogP) is 6.70. The number of nitrogens with zero attached hydrogens (tertiary/aromatic N) is 2. The topological polar surface area (TPSA) is 98.8 Å². The summed E-state index contributed by atoms with van der Waals surface area (Å²) in [5.41, 5.74) is 2.53. The lowest BCUT2D eigenvalue weighted by Gasteiger charge is -2.28. The molecular formula is C36H36Br2N4O4. The Kier molecular flexibility index (Phi) is 11.6. The highest BCUT2D eigenvalue weighted by molar-refractivity contribution is 9.15. The van der Waals surface area contributed by atoms with E-state index in [9.17, 15) is 19.2 Å². The minimum atomic E-state index is -0.379. The van der Waals surface area contributed by atoms with E-state index < -0.39 is 0 Å². The third-order valence-electron chi connectivity index (χ3n) is 8.09. The van der Waals surface area contributed by atoms with Crippen molar-refractivity contribution >= 4 is 64.5 Å². The second-order valence-corrected chi connectivity index (χ2v) is 12.9. The van der Waals surface area contributed by atoms with Gasteiger partial charge in [0.05, 0.1) is 8.96 Å². The Balaban J connectivity index is 1.47. The molecule has 0 aromatic heterocycles. The molecule has 0 spiro atoms. The van der Waals surface area contributed by atoms with Gasteiger partial charge in [-0.3, -0.25) is 19.2 Å². The van der Waals surface area contributed by atoms with Gasteiger partial charge in [0.2, 0.25) is 0 Å². The van der Waals surface area contributed by atoms with Crippen LogP contribution in [0, 0.1) is 0 Å². The van der Waals surface area contributed by atoms with Crippen molar-refractivity contribution in [2.75, 3.05) is 26.2 Å². The molecule has 10 heteroatoms. The Morgan fingerprint density at radius 1 is 0.457 bits per heavy atom. The SMILES string of the molecule is O=C(N/C(C(=O)N1CCCCC1)=C(\Br)c1ccc(/C(Br)=C(/NC(=O)c2ccccc2)C(=O)N2CCCCC2)cc1)c1ccccc1. The quantitative estimate of drug-likeness (QED) is 0.251. The van der Waals surface area contributed by atoms with Gasteiger partial charge in [0.1, 0.15) is 11.4 Å². The fourth-order valence-electron chi connectivity index (χ4n) is 5.52. The fourth-order valence-corrected chi connectivity index (χ4v) is 6.58. The van der Waals surface area contributed by atoms with Gasteiger partial charge in [-0.2, -0.15) is 0 Å². The lowest BCUT2D eigenvalue weighted by molar-refractivity contribution is -0.129. The minimum Gasteiger partial charge on any atom is -0.337 e. The van der Waals surface area contributed by atoms with Crippen molar-refractivity contribution < 1.29 is 19.2 Å². The van der Waals surface area contributed by atoms with Crippen LogP contribution in [-0.4, -0.2) is 59.6 Å². The molecule has 2 aliphatic rings. The molecule has 0 atom stereocenters. The van der Waals surface area contributed by atoms with E-state index in [-0.39, 0.29) is 35.0 Å². The molecule has 2 aliphatic heterocycles. The van der Waals surface area contributed by atoms with Crippen LogP contribution in [0.5, 0.6) is 0 Å². The first-order chi connectivity index (χ1) is 22.3. The lowest BCUT2D eigenvalue weighted by atomic mass is 10.1. The van der Waals surface area contributed by atoms with E-state index in [1.165, 1.54) is 0 Å². The van der Waals surface area contributed by atoms with Gasteiger partial charge in [-0.05, 0) is 106 Å². The normalized spacial score (nSPS) is 16.1. The third kappa shape index (κ3) is 8.22. The van der Waals surface area contributed by atoms with Crippen molar-refractivity contribution in [3.8, 4) is 0 Å². The number of carbonyl (C=O) groups excluding carboxylic acids is 4. The van der Waals surface area contributed by atoms with Gasteiger partial charge in [-0.25, -0.2) is 0 Å². The molecule has 0 bridgehead atoms. The summed E-state index contributed by atoms with van der Waals surface area (Å²) < 4.78 is 0.891.